The molecule has 0 aliphatic heterocycles. The third-order valence-electron chi connectivity index (χ3n) is 2.55. The van der Waals surface area contributed by atoms with Gasteiger partial charge in [0.15, 0.2) is 4.67 Å². The Morgan fingerprint density at radius 1 is 1.50 bits per heavy atom. The van der Waals surface area contributed by atoms with Gasteiger partial charge in [0.2, 0.25) is 0 Å². The van der Waals surface area contributed by atoms with Gasteiger partial charge in [0.05, 0.1) is 10.6 Å². The molecule has 6 heteroatoms. The lowest BCUT2D eigenvalue weighted by atomic mass is 10.0. The van der Waals surface area contributed by atoms with Gasteiger partial charge in [0.25, 0.3) is 0 Å². The molecule has 0 fully saturated rings. The number of carboxylic acids is 1. The summed E-state index contributed by atoms with van der Waals surface area (Å²) in [6, 6.07) is 3.57. The Bertz CT molecular complexity index is 600. The number of hydrogen-bond acceptors (Lipinski definition) is 4. The van der Waals surface area contributed by atoms with Crippen molar-refractivity contribution < 1.29 is 14.3 Å². The number of thiophene rings is 1. The van der Waals surface area contributed by atoms with Crippen LogP contribution in [0.15, 0.2) is 21.2 Å². The average Bonchev–Trinajstić information content (AvgIpc) is 2.81. The number of carbonyl (C=O) groups is 1. The molecular weight excluding hydrogens is 318 g/mol. The van der Waals surface area contributed by atoms with Gasteiger partial charge in [-0.3, -0.25) is 0 Å². The second kappa shape index (κ2) is 4.78. The highest BCUT2D eigenvalue weighted by molar-refractivity contribution is 9.10. The second-order valence-corrected chi connectivity index (χ2v) is 5.95. The Morgan fingerprint density at radius 3 is 2.61 bits per heavy atom. The summed E-state index contributed by atoms with van der Waals surface area (Å²) in [6.07, 6.45) is 0. The Morgan fingerprint density at radius 2 is 2.17 bits per heavy atom. The fourth-order valence-electron chi connectivity index (χ4n) is 1.81. The van der Waals surface area contributed by atoms with Crippen LogP contribution in [0, 0.1) is 0 Å². The molecule has 0 radical (unpaired) electrons. The van der Waals surface area contributed by atoms with Gasteiger partial charge in [-0.2, -0.15) is 0 Å². The molecule has 3 N–H and O–H groups in total. The summed E-state index contributed by atoms with van der Waals surface area (Å²) in [4.78, 5) is 12.1. The van der Waals surface area contributed by atoms with Gasteiger partial charge in [0, 0.05) is 5.56 Å². The van der Waals surface area contributed by atoms with Crippen LogP contribution in [0.25, 0.3) is 10.6 Å². The fourth-order valence-corrected chi connectivity index (χ4v) is 3.29. The normalized spacial score (nSPS) is 11.1. The summed E-state index contributed by atoms with van der Waals surface area (Å²) < 4.78 is 6.09. The maximum atomic E-state index is 11.1. The molecule has 0 atom stereocenters. The molecule has 18 heavy (non-hydrogen) atoms. The molecule has 0 bridgehead atoms. The molecule has 0 aliphatic carbocycles. The number of hydrogen-bond donors (Lipinski definition) is 2. The van der Waals surface area contributed by atoms with E-state index in [1.165, 1.54) is 0 Å². The Hall–Kier alpha value is -1.27. The van der Waals surface area contributed by atoms with E-state index < -0.39 is 5.97 Å². The van der Waals surface area contributed by atoms with Crippen molar-refractivity contribution in [2.24, 2.45) is 0 Å². The Kier molecular flexibility index (Phi) is 3.49. The lowest BCUT2D eigenvalue weighted by Gasteiger charge is -2.06. The van der Waals surface area contributed by atoms with Crippen molar-refractivity contribution >= 4 is 38.9 Å². The summed E-state index contributed by atoms with van der Waals surface area (Å²) in [6.45, 7) is 3.96. The monoisotopic (exact) mass is 329 g/mol. The summed E-state index contributed by atoms with van der Waals surface area (Å²) in [7, 11) is 0. The molecule has 0 unspecified atom stereocenters. The van der Waals surface area contributed by atoms with Crippen LogP contribution in [0.1, 0.15) is 35.0 Å². The molecule has 0 aromatic carbocycles. The highest BCUT2D eigenvalue weighted by Crippen LogP contribution is 2.43. The fraction of sp³-hybridized carbons (Fsp3) is 0.250. The first kappa shape index (κ1) is 13.2. The van der Waals surface area contributed by atoms with E-state index in [9.17, 15) is 4.79 Å². The lowest BCUT2D eigenvalue weighted by molar-refractivity contribution is 0.0703. The van der Waals surface area contributed by atoms with Crippen molar-refractivity contribution in [1.29, 1.82) is 0 Å². The second-order valence-electron chi connectivity index (χ2n) is 4.15. The molecule has 0 saturated carbocycles. The molecule has 0 aliphatic rings. The third-order valence-corrected chi connectivity index (χ3v) is 4.20. The smallest absolute Gasteiger partial charge is 0.348 e. The number of nitrogen functional groups attached to an aromatic ring is 1. The van der Waals surface area contributed by atoms with Gasteiger partial charge in [-0.15, -0.1) is 11.3 Å². The topological polar surface area (TPSA) is 76.5 Å². The lowest BCUT2D eigenvalue weighted by Crippen LogP contribution is -2.00. The summed E-state index contributed by atoms with van der Waals surface area (Å²) in [5.41, 5.74) is 7.10. The summed E-state index contributed by atoms with van der Waals surface area (Å²) in [5, 5.41) is 9.13. The van der Waals surface area contributed by atoms with Gasteiger partial charge in [0.1, 0.15) is 10.6 Å². The third kappa shape index (κ3) is 2.18. The number of nitrogens with two attached hydrogens (primary N) is 1. The van der Waals surface area contributed by atoms with Crippen LogP contribution in [0.2, 0.25) is 0 Å². The minimum absolute atomic E-state index is 0.133. The quantitative estimate of drug-likeness (QED) is 0.885. The number of rotatable bonds is 3. The molecule has 2 aromatic heterocycles. The number of furan rings is 1. The number of aromatic carboxylic acids is 1. The molecule has 0 saturated heterocycles. The van der Waals surface area contributed by atoms with Crippen molar-refractivity contribution in [2.45, 2.75) is 19.8 Å². The van der Waals surface area contributed by atoms with Gasteiger partial charge in [-0.05, 0) is 34.0 Å². The van der Waals surface area contributed by atoms with E-state index in [0.717, 1.165) is 21.8 Å². The van der Waals surface area contributed by atoms with Gasteiger partial charge >= 0.3 is 5.97 Å². The van der Waals surface area contributed by atoms with E-state index in [0.29, 0.717) is 16.1 Å². The van der Waals surface area contributed by atoms with Crippen molar-refractivity contribution in [3.8, 4) is 10.6 Å². The van der Waals surface area contributed by atoms with Crippen LogP contribution < -0.4 is 5.73 Å². The SMILES string of the molecule is CC(C)c1c(-c2ccc(Br)o2)sc(C(=O)O)c1N. The number of halogens is 1. The van der Waals surface area contributed by atoms with Crippen LogP contribution in [-0.2, 0) is 0 Å². The first-order valence-corrected chi connectivity index (χ1v) is 6.94. The van der Waals surface area contributed by atoms with Crippen LogP contribution in [-0.4, -0.2) is 11.1 Å². The molecule has 2 rings (SSSR count). The van der Waals surface area contributed by atoms with Crippen LogP contribution in [0.5, 0.6) is 0 Å². The van der Waals surface area contributed by atoms with Crippen molar-refractivity contribution in [1.82, 2.24) is 0 Å². The highest BCUT2D eigenvalue weighted by atomic mass is 79.9. The van der Waals surface area contributed by atoms with Gasteiger partial charge in [-0.1, -0.05) is 13.8 Å². The zero-order valence-electron chi connectivity index (χ0n) is 9.86. The molecule has 0 spiro atoms. The van der Waals surface area contributed by atoms with Gasteiger partial charge < -0.3 is 15.3 Å². The molecule has 96 valence electrons. The summed E-state index contributed by atoms with van der Waals surface area (Å²) >= 11 is 4.39. The molecule has 2 heterocycles. The maximum absolute atomic E-state index is 11.1. The predicted octanol–water partition coefficient (Wildman–Crippen LogP) is 4.17. The molecule has 4 nitrogen and oxygen atoms in total. The Balaban J connectivity index is 2.66. The van der Waals surface area contributed by atoms with E-state index in [1.54, 1.807) is 12.1 Å². The summed E-state index contributed by atoms with van der Waals surface area (Å²) in [5.74, 6) is -0.237. The average molecular weight is 330 g/mol. The van der Waals surface area contributed by atoms with Crippen molar-refractivity contribution in [3.05, 3.63) is 27.2 Å². The Labute approximate surface area is 117 Å². The van der Waals surface area contributed by atoms with E-state index in [2.05, 4.69) is 15.9 Å². The number of carboxylic acid groups (broad SMARTS) is 1. The minimum atomic E-state index is -1.00. The van der Waals surface area contributed by atoms with E-state index in [4.69, 9.17) is 15.3 Å². The molecule has 0 amide bonds. The van der Waals surface area contributed by atoms with Crippen LogP contribution in [0.4, 0.5) is 5.69 Å². The standard InChI is InChI=1S/C12H12BrNO3S/c1-5(2)8-9(14)11(12(15)16)18-10(8)6-3-4-7(13)17-6/h3-5H,14H2,1-2H3,(H,15,16). The first-order chi connectivity index (χ1) is 8.41. The van der Waals surface area contributed by atoms with Crippen molar-refractivity contribution in [3.63, 3.8) is 0 Å². The van der Waals surface area contributed by atoms with E-state index in [1.807, 2.05) is 13.8 Å². The molecular formula is C12H12BrNO3S. The minimum Gasteiger partial charge on any atom is -0.477 e. The van der Waals surface area contributed by atoms with Crippen molar-refractivity contribution in [2.75, 3.05) is 5.73 Å². The van der Waals surface area contributed by atoms with E-state index in [-0.39, 0.29) is 10.8 Å². The van der Waals surface area contributed by atoms with E-state index >= 15 is 0 Å². The largest absolute Gasteiger partial charge is 0.477 e. The maximum Gasteiger partial charge on any atom is 0.348 e. The number of anilines is 1. The van der Waals surface area contributed by atoms with Crippen LogP contribution in [0.3, 0.4) is 0 Å². The molecule has 2 aromatic rings. The van der Waals surface area contributed by atoms with Crippen LogP contribution >= 0.6 is 27.3 Å². The highest BCUT2D eigenvalue weighted by Gasteiger charge is 2.24. The van der Waals surface area contributed by atoms with Gasteiger partial charge in [-0.25, -0.2) is 4.79 Å². The zero-order valence-corrected chi connectivity index (χ0v) is 12.3. The first-order valence-electron chi connectivity index (χ1n) is 5.33. The zero-order chi connectivity index (χ0) is 13.4. The predicted molar refractivity (Wildman–Crippen MR) is 75.2 cm³/mol.